The van der Waals surface area contributed by atoms with Crippen molar-refractivity contribution in [2.24, 2.45) is 11.3 Å². The minimum Gasteiger partial charge on any atom is -0.356 e. The summed E-state index contributed by atoms with van der Waals surface area (Å²) in [5, 5.41) is 10.5. The molecule has 2 amide bonds. The summed E-state index contributed by atoms with van der Waals surface area (Å²) in [4.78, 5) is 27.0. The Labute approximate surface area is 146 Å². The highest BCUT2D eigenvalue weighted by atomic mass is 32.1. The van der Waals surface area contributed by atoms with Gasteiger partial charge in [-0.1, -0.05) is 0 Å². The quantitative estimate of drug-likeness (QED) is 0.872. The predicted octanol–water partition coefficient (Wildman–Crippen LogP) is 1.74. The van der Waals surface area contributed by atoms with Crippen LogP contribution in [0.3, 0.4) is 0 Å². The molecule has 3 fully saturated rings. The first kappa shape index (κ1) is 16.1. The third-order valence-electron chi connectivity index (χ3n) is 5.93. The number of rotatable bonds is 4. The van der Waals surface area contributed by atoms with E-state index in [9.17, 15) is 9.59 Å². The minimum absolute atomic E-state index is 0.0162. The molecule has 1 saturated carbocycles. The van der Waals surface area contributed by atoms with Crippen LogP contribution in [0.1, 0.15) is 37.7 Å². The van der Waals surface area contributed by atoms with Crippen LogP contribution in [0.5, 0.6) is 0 Å². The van der Waals surface area contributed by atoms with Crippen molar-refractivity contribution in [1.82, 2.24) is 15.5 Å². The third kappa shape index (κ3) is 3.09. The first-order chi connectivity index (χ1) is 11.7. The Balaban J connectivity index is 1.52. The number of carbonyl (C=O) groups excluding carboxylic acids is 2. The molecular formula is C18H25N3O2S. The molecular weight excluding hydrogens is 322 g/mol. The fourth-order valence-corrected chi connectivity index (χ4v) is 5.04. The summed E-state index contributed by atoms with van der Waals surface area (Å²) >= 11 is 1.68. The van der Waals surface area contributed by atoms with Gasteiger partial charge in [0, 0.05) is 31.5 Å². The van der Waals surface area contributed by atoms with Gasteiger partial charge < -0.3 is 15.5 Å². The molecule has 5 nitrogen and oxygen atoms in total. The van der Waals surface area contributed by atoms with E-state index in [1.54, 1.807) is 11.3 Å². The largest absolute Gasteiger partial charge is 0.356 e. The molecule has 2 atom stereocenters. The summed E-state index contributed by atoms with van der Waals surface area (Å²) in [5.74, 6) is 0.0654. The van der Waals surface area contributed by atoms with Crippen molar-refractivity contribution < 1.29 is 9.59 Å². The molecule has 2 unspecified atom stereocenters. The number of nitrogens with one attached hydrogen (secondary N) is 2. The predicted molar refractivity (Wildman–Crippen MR) is 93.5 cm³/mol. The Morgan fingerprint density at radius 1 is 1.33 bits per heavy atom. The number of hydrogen-bond acceptors (Lipinski definition) is 4. The lowest BCUT2D eigenvalue weighted by molar-refractivity contribution is -0.141. The highest BCUT2D eigenvalue weighted by Gasteiger charge is 2.58. The Morgan fingerprint density at radius 3 is 2.88 bits per heavy atom. The van der Waals surface area contributed by atoms with E-state index in [4.69, 9.17) is 0 Å². The summed E-state index contributed by atoms with van der Waals surface area (Å²) in [6.45, 7) is 3.44. The second-order valence-corrected chi connectivity index (χ2v) is 8.25. The van der Waals surface area contributed by atoms with E-state index in [1.165, 1.54) is 5.56 Å². The summed E-state index contributed by atoms with van der Waals surface area (Å²) in [7, 11) is 0. The van der Waals surface area contributed by atoms with Gasteiger partial charge in [-0.15, -0.1) is 0 Å². The molecule has 4 rings (SSSR count). The van der Waals surface area contributed by atoms with E-state index in [-0.39, 0.29) is 17.7 Å². The molecule has 24 heavy (non-hydrogen) atoms. The maximum atomic E-state index is 13.2. The van der Waals surface area contributed by atoms with E-state index in [1.807, 2.05) is 0 Å². The van der Waals surface area contributed by atoms with E-state index in [0.717, 1.165) is 38.8 Å². The molecule has 0 aromatic carbocycles. The van der Waals surface area contributed by atoms with Crippen molar-refractivity contribution in [1.29, 1.82) is 0 Å². The molecule has 1 aliphatic carbocycles. The summed E-state index contributed by atoms with van der Waals surface area (Å²) in [6, 6.07) is 2.47. The number of nitrogens with zero attached hydrogens (tertiary/aromatic N) is 1. The van der Waals surface area contributed by atoms with Gasteiger partial charge in [-0.05, 0) is 66.6 Å². The Bertz CT molecular complexity index is 610. The Hall–Kier alpha value is -1.40. The van der Waals surface area contributed by atoms with Crippen LogP contribution >= 0.6 is 11.3 Å². The van der Waals surface area contributed by atoms with Gasteiger partial charge in [-0.25, -0.2) is 0 Å². The zero-order valence-corrected chi connectivity index (χ0v) is 14.7. The van der Waals surface area contributed by atoms with Crippen LogP contribution in [0.25, 0.3) is 0 Å². The van der Waals surface area contributed by atoms with E-state index in [0.29, 0.717) is 31.0 Å². The van der Waals surface area contributed by atoms with Gasteiger partial charge in [0.2, 0.25) is 11.8 Å². The number of amides is 2. The zero-order valence-electron chi connectivity index (χ0n) is 13.9. The molecule has 1 aromatic heterocycles. The van der Waals surface area contributed by atoms with Gasteiger partial charge in [0.25, 0.3) is 0 Å². The van der Waals surface area contributed by atoms with Crippen molar-refractivity contribution in [3.05, 3.63) is 22.4 Å². The molecule has 0 bridgehead atoms. The monoisotopic (exact) mass is 347 g/mol. The average molecular weight is 347 g/mol. The van der Waals surface area contributed by atoms with Crippen LogP contribution in [0.15, 0.2) is 16.8 Å². The number of thiophene rings is 1. The number of hydrogen-bond donors (Lipinski definition) is 2. The maximum absolute atomic E-state index is 13.2. The van der Waals surface area contributed by atoms with E-state index in [2.05, 4.69) is 32.4 Å². The molecule has 1 aromatic rings. The second-order valence-electron chi connectivity index (χ2n) is 7.47. The fraction of sp³-hybridized carbons (Fsp3) is 0.667. The number of carbonyl (C=O) groups is 2. The van der Waals surface area contributed by atoms with Crippen LogP contribution in [0, 0.1) is 11.3 Å². The normalized spacial score (nSPS) is 28.4. The Kier molecular flexibility index (Phi) is 4.35. The van der Waals surface area contributed by atoms with Crippen molar-refractivity contribution in [3.8, 4) is 0 Å². The molecule has 3 aliphatic rings. The molecule has 6 heteroatoms. The Morgan fingerprint density at radius 2 is 2.17 bits per heavy atom. The summed E-state index contributed by atoms with van der Waals surface area (Å²) in [5.41, 5.74) is 1.54. The minimum atomic E-state index is -0.142. The van der Waals surface area contributed by atoms with Crippen molar-refractivity contribution in [2.75, 3.05) is 19.6 Å². The van der Waals surface area contributed by atoms with Crippen LogP contribution in [-0.4, -0.2) is 42.4 Å². The highest BCUT2D eigenvalue weighted by Crippen LogP contribution is 2.56. The van der Waals surface area contributed by atoms with Crippen molar-refractivity contribution in [2.45, 2.75) is 44.7 Å². The standard InChI is InChI=1S/C18H25N3O2S/c22-16-9-14(1-5-20-16)17(23)21(11-13-2-8-24-12-13)15-10-18(15)3-6-19-7-4-18/h2,8,12,14-15,19H,1,3-7,9-11H2,(H,20,22). The molecule has 2 aliphatic heterocycles. The fourth-order valence-electron chi connectivity index (χ4n) is 4.38. The SMILES string of the molecule is O=C1CC(C(=O)N(Cc2ccsc2)C2CC23CCNCC3)CCN1. The van der Waals surface area contributed by atoms with Crippen LogP contribution < -0.4 is 10.6 Å². The highest BCUT2D eigenvalue weighted by molar-refractivity contribution is 7.07. The van der Waals surface area contributed by atoms with Crippen LogP contribution in [0.2, 0.25) is 0 Å². The maximum Gasteiger partial charge on any atom is 0.226 e. The molecule has 2 N–H and O–H groups in total. The van der Waals surface area contributed by atoms with E-state index >= 15 is 0 Å². The summed E-state index contributed by atoms with van der Waals surface area (Å²) < 4.78 is 0. The van der Waals surface area contributed by atoms with Gasteiger partial charge in [0.1, 0.15) is 0 Å². The molecule has 2 saturated heterocycles. The molecule has 3 heterocycles. The van der Waals surface area contributed by atoms with E-state index < -0.39 is 0 Å². The third-order valence-corrected chi connectivity index (χ3v) is 6.67. The van der Waals surface area contributed by atoms with Gasteiger partial charge in [-0.3, -0.25) is 9.59 Å². The first-order valence-electron chi connectivity index (χ1n) is 8.97. The van der Waals surface area contributed by atoms with Gasteiger partial charge in [0.15, 0.2) is 0 Å². The smallest absolute Gasteiger partial charge is 0.226 e. The van der Waals surface area contributed by atoms with Crippen molar-refractivity contribution in [3.63, 3.8) is 0 Å². The lowest BCUT2D eigenvalue weighted by Gasteiger charge is -2.33. The second kappa shape index (κ2) is 6.48. The first-order valence-corrected chi connectivity index (χ1v) is 9.91. The topological polar surface area (TPSA) is 61.4 Å². The van der Waals surface area contributed by atoms with Gasteiger partial charge >= 0.3 is 0 Å². The lowest BCUT2D eigenvalue weighted by Crippen LogP contribution is -2.45. The van der Waals surface area contributed by atoms with Crippen LogP contribution in [0.4, 0.5) is 0 Å². The molecule has 0 radical (unpaired) electrons. The lowest BCUT2D eigenvalue weighted by atomic mass is 9.92. The molecule has 1 spiro atoms. The summed E-state index contributed by atoms with van der Waals surface area (Å²) in [6.07, 6.45) is 4.57. The number of piperidine rings is 2. The van der Waals surface area contributed by atoms with Crippen LogP contribution in [-0.2, 0) is 16.1 Å². The van der Waals surface area contributed by atoms with Gasteiger partial charge in [-0.2, -0.15) is 11.3 Å². The van der Waals surface area contributed by atoms with Crippen molar-refractivity contribution >= 4 is 23.2 Å². The zero-order chi connectivity index (χ0) is 16.6. The average Bonchev–Trinajstić information content (AvgIpc) is 3.04. The van der Waals surface area contributed by atoms with Gasteiger partial charge in [0.05, 0.1) is 0 Å². The molecule has 130 valence electrons.